The average Bonchev–Trinajstić information content (AvgIpc) is 2.63. The molecule has 2 rings (SSSR count). The zero-order valence-corrected chi connectivity index (χ0v) is 15.1. The lowest BCUT2D eigenvalue weighted by atomic mass is 10.2. The third-order valence-electron chi connectivity index (χ3n) is 3.08. The van der Waals surface area contributed by atoms with Crippen LogP contribution in [0.15, 0.2) is 47.6 Å². The second-order valence-electron chi connectivity index (χ2n) is 4.76. The highest BCUT2D eigenvalue weighted by Gasteiger charge is 2.12. The highest BCUT2D eigenvalue weighted by atomic mass is 35.5. The Morgan fingerprint density at radius 2 is 1.92 bits per heavy atom. The molecule has 0 fully saturated rings. The number of hydrazone groups is 1. The lowest BCUT2D eigenvalue weighted by molar-refractivity contribution is 0.0729. The number of esters is 1. The molecule has 0 radical (unpaired) electrons. The van der Waals surface area contributed by atoms with E-state index in [1.807, 2.05) is 0 Å². The van der Waals surface area contributed by atoms with Gasteiger partial charge in [-0.2, -0.15) is 5.10 Å². The van der Waals surface area contributed by atoms with E-state index in [4.69, 9.17) is 33.3 Å². The first-order valence-electron chi connectivity index (χ1n) is 7.20. The van der Waals surface area contributed by atoms with Crippen LogP contribution in [0.4, 0.5) is 0 Å². The average molecular weight is 378 g/mol. The molecule has 2 N–H and O–H groups in total. The molecule has 8 heteroatoms. The van der Waals surface area contributed by atoms with E-state index in [9.17, 15) is 4.79 Å². The summed E-state index contributed by atoms with van der Waals surface area (Å²) >= 11 is 10.7. The predicted molar refractivity (Wildman–Crippen MR) is 102 cm³/mol. The molecule has 130 valence electrons. The zero-order valence-electron chi connectivity index (χ0n) is 13.6. The fourth-order valence-electron chi connectivity index (χ4n) is 1.81. The molecule has 0 aliphatic carbocycles. The third kappa shape index (κ3) is 5.44. The second-order valence-corrected chi connectivity index (χ2v) is 5.60. The van der Waals surface area contributed by atoms with Crippen molar-refractivity contribution in [3.63, 3.8) is 0 Å². The number of rotatable bonds is 5. The minimum absolute atomic E-state index is 0.304. The molecule has 25 heavy (non-hydrogen) atoms. The van der Waals surface area contributed by atoms with Gasteiger partial charge in [0.15, 0.2) is 16.6 Å². The van der Waals surface area contributed by atoms with Crippen molar-refractivity contribution < 1.29 is 14.3 Å². The molecule has 0 heterocycles. The molecule has 0 bridgehead atoms. The minimum atomic E-state index is -0.502. The summed E-state index contributed by atoms with van der Waals surface area (Å²) in [5.41, 5.74) is 3.78. The van der Waals surface area contributed by atoms with Crippen LogP contribution in [0.2, 0.25) is 5.02 Å². The van der Waals surface area contributed by atoms with Crippen LogP contribution in [0.1, 0.15) is 15.9 Å². The maximum Gasteiger partial charge on any atom is 0.343 e. The Morgan fingerprint density at radius 3 is 2.56 bits per heavy atom. The van der Waals surface area contributed by atoms with Crippen LogP contribution in [0.3, 0.4) is 0 Å². The van der Waals surface area contributed by atoms with Crippen LogP contribution in [0.25, 0.3) is 0 Å². The van der Waals surface area contributed by atoms with E-state index < -0.39 is 5.97 Å². The molecule has 0 saturated heterocycles. The third-order valence-corrected chi connectivity index (χ3v) is 3.62. The van der Waals surface area contributed by atoms with Gasteiger partial charge >= 0.3 is 5.97 Å². The van der Waals surface area contributed by atoms with Crippen molar-refractivity contribution in [3.8, 4) is 11.5 Å². The smallest absolute Gasteiger partial charge is 0.343 e. The molecule has 0 aromatic heterocycles. The first-order valence-corrected chi connectivity index (χ1v) is 7.98. The minimum Gasteiger partial charge on any atom is -0.493 e. The zero-order chi connectivity index (χ0) is 18.2. The number of ether oxygens (including phenoxy) is 2. The predicted octanol–water partition coefficient (Wildman–Crippen LogP) is 3.00. The van der Waals surface area contributed by atoms with Crippen LogP contribution < -0.4 is 20.2 Å². The summed E-state index contributed by atoms with van der Waals surface area (Å²) in [6.45, 7) is 0. The topological polar surface area (TPSA) is 72.0 Å². The first kappa shape index (κ1) is 18.7. The van der Waals surface area contributed by atoms with Crippen molar-refractivity contribution in [1.29, 1.82) is 0 Å². The number of nitrogens with zero attached hydrogens (tertiary/aromatic N) is 1. The molecular formula is C17H16ClN3O3S. The van der Waals surface area contributed by atoms with Crippen LogP contribution in [0, 0.1) is 0 Å². The van der Waals surface area contributed by atoms with E-state index in [2.05, 4.69) is 15.8 Å². The van der Waals surface area contributed by atoms with Gasteiger partial charge in [-0.05, 0) is 60.2 Å². The molecule has 0 atom stereocenters. The van der Waals surface area contributed by atoms with Crippen molar-refractivity contribution in [2.75, 3.05) is 14.2 Å². The molecule has 0 saturated carbocycles. The number of hydrogen-bond acceptors (Lipinski definition) is 5. The number of halogens is 1. The monoisotopic (exact) mass is 377 g/mol. The van der Waals surface area contributed by atoms with E-state index in [0.717, 1.165) is 5.56 Å². The van der Waals surface area contributed by atoms with Gasteiger partial charge in [0, 0.05) is 12.1 Å². The van der Waals surface area contributed by atoms with E-state index in [-0.39, 0.29) is 0 Å². The first-order chi connectivity index (χ1) is 12.0. The summed E-state index contributed by atoms with van der Waals surface area (Å²) in [7, 11) is 3.18. The second kappa shape index (κ2) is 9.00. The lowest BCUT2D eigenvalue weighted by Crippen LogP contribution is -2.28. The SMILES string of the molecule is CNC(=S)NN=Cc1ccc(OC(=O)c2ccc(Cl)cc2)c(OC)c1. The van der Waals surface area contributed by atoms with Crippen molar-refractivity contribution in [2.45, 2.75) is 0 Å². The number of nitrogens with one attached hydrogen (secondary N) is 2. The van der Waals surface area contributed by atoms with E-state index in [1.165, 1.54) is 7.11 Å². The van der Waals surface area contributed by atoms with Gasteiger partial charge in [-0.1, -0.05) is 11.6 Å². The Balaban J connectivity index is 2.12. The fraction of sp³-hybridized carbons (Fsp3) is 0.118. The quantitative estimate of drug-likeness (QED) is 0.274. The van der Waals surface area contributed by atoms with Gasteiger partial charge in [-0.15, -0.1) is 0 Å². The van der Waals surface area contributed by atoms with Crippen molar-refractivity contribution in [2.24, 2.45) is 5.10 Å². The van der Waals surface area contributed by atoms with Crippen molar-refractivity contribution in [1.82, 2.24) is 10.7 Å². The van der Waals surface area contributed by atoms with E-state index in [1.54, 1.807) is 55.7 Å². The number of methoxy groups -OCH3 is 1. The fourth-order valence-corrected chi connectivity index (χ4v) is 1.99. The van der Waals surface area contributed by atoms with Crippen molar-refractivity contribution in [3.05, 3.63) is 58.6 Å². The molecule has 0 amide bonds. The molecular weight excluding hydrogens is 362 g/mol. The van der Waals surface area contributed by atoms with Gasteiger partial charge in [0.25, 0.3) is 0 Å². The van der Waals surface area contributed by atoms with E-state index in [0.29, 0.717) is 27.2 Å². The Bertz CT molecular complexity index is 794. The summed E-state index contributed by atoms with van der Waals surface area (Å²) in [6.07, 6.45) is 1.57. The summed E-state index contributed by atoms with van der Waals surface area (Å²) in [5.74, 6) is 0.207. The maximum atomic E-state index is 12.2. The Hall–Kier alpha value is -2.64. The molecule has 6 nitrogen and oxygen atoms in total. The Labute approximate surface area is 155 Å². The van der Waals surface area contributed by atoms with Crippen LogP contribution in [-0.4, -0.2) is 31.5 Å². The highest BCUT2D eigenvalue weighted by molar-refractivity contribution is 7.80. The molecule has 0 aliphatic rings. The van der Waals surface area contributed by atoms with Crippen LogP contribution in [-0.2, 0) is 0 Å². The number of thiocarbonyl (C=S) groups is 1. The van der Waals surface area contributed by atoms with Gasteiger partial charge in [0.1, 0.15) is 0 Å². The summed E-state index contributed by atoms with van der Waals surface area (Å²) in [5, 5.41) is 7.66. The standard InChI is InChI=1S/C17H16ClN3O3S/c1-19-17(25)21-20-10-11-3-8-14(15(9-11)23-2)24-16(22)12-4-6-13(18)7-5-12/h3-10H,1-2H3,(H2,19,21,25). The van der Waals surface area contributed by atoms with Gasteiger partial charge in [0.2, 0.25) is 0 Å². The number of carbonyl (C=O) groups is 1. The molecule has 0 unspecified atom stereocenters. The summed E-state index contributed by atoms with van der Waals surface area (Å²) in [4.78, 5) is 12.2. The van der Waals surface area contributed by atoms with Gasteiger partial charge in [-0.3, -0.25) is 5.43 Å². The van der Waals surface area contributed by atoms with Crippen LogP contribution >= 0.6 is 23.8 Å². The van der Waals surface area contributed by atoms with E-state index >= 15 is 0 Å². The summed E-state index contributed by atoms with van der Waals surface area (Å²) < 4.78 is 10.7. The molecule has 0 aliphatic heterocycles. The molecule has 0 spiro atoms. The van der Waals surface area contributed by atoms with Crippen molar-refractivity contribution >= 4 is 41.1 Å². The van der Waals surface area contributed by atoms with Gasteiger partial charge < -0.3 is 14.8 Å². The number of benzene rings is 2. The summed E-state index contributed by atoms with van der Waals surface area (Å²) in [6, 6.07) is 11.5. The number of carbonyl (C=O) groups excluding carboxylic acids is 1. The Kier molecular flexibility index (Phi) is 6.73. The molecule has 2 aromatic carbocycles. The van der Waals surface area contributed by atoms with Gasteiger partial charge in [-0.25, -0.2) is 4.79 Å². The van der Waals surface area contributed by atoms with Crippen LogP contribution in [0.5, 0.6) is 11.5 Å². The largest absolute Gasteiger partial charge is 0.493 e. The van der Waals surface area contributed by atoms with Gasteiger partial charge in [0.05, 0.1) is 18.9 Å². The lowest BCUT2D eigenvalue weighted by Gasteiger charge is -2.10. The Morgan fingerprint density at radius 1 is 1.20 bits per heavy atom. The maximum absolute atomic E-state index is 12.2. The highest BCUT2D eigenvalue weighted by Crippen LogP contribution is 2.28. The normalized spacial score (nSPS) is 10.4. The molecule has 2 aromatic rings. The number of hydrogen-bond donors (Lipinski definition) is 2.